The number of halogens is 1. The lowest BCUT2D eigenvalue weighted by Gasteiger charge is -2.05. The molecule has 0 spiro atoms. The number of ether oxygens (including phenoxy) is 1. The van der Waals surface area contributed by atoms with Crippen LogP contribution in [0.3, 0.4) is 0 Å². The van der Waals surface area contributed by atoms with Crippen LogP contribution in [-0.4, -0.2) is 0 Å². The van der Waals surface area contributed by atoms with Crippen LogP contribution in [0.5, 0.6) is 5.75 Å². The summed E-state index contributed by atoms with van der Waals surface area (Å²) >= 11 is 3.39. The Morgan fingerprint density at radius 1 is 1.31 bits per heavy atom. The standard InChI is InChI=1S/C12H12BrNO2/c13-10-2-1-3-11(6-10)16-8-12-9(7-14)4-5-15-12/h1-6H,7-8,14H2. The molecule has 0 radical (unpaired) electrons. The number of hydrogen-bond acceptors (Lipinski definition) is 3. The molecule has 0 amide bonds. The van der Waals surface area contributed by atoms with E-state index in [1.165, 1.54) is 0 Å². The molecule has 0 bridgehead atoms. The molecule has 1 aromatic carbocycles. The highest BCUT2D eigenvalue weighted by atomic mass is 79.9. The van der Waals surface area contributed by atoms with Crippen LogP contribution in [0.4, 0.5) is 0 Å². The monoisotopic (exact) mass is 281 g/mol. The molecule has 4 heteroatoms. The Labute approximate surface area is 102 Å². The molecule has 2 aromatic rings. The first kappa shape index (κ1) is 11.2. The van der Waals surface area contributed by atoms with Crippen molar-refractivity contribution in [3.05, 3.63) is 52.4 Å². The molecule has 0 fully saturated rings. The Morgan fingerprint density at radius 2 is 2.19 bits per heavy atom. The van der Waals surface area contributed by atoms with Gasteiger partial charge in [0.05, 0.1) is 6.26 Å². The quantitative estimate of drug-likeness (QED) is 0.937. The minimum absolute atomic E-state index is 0.399. The summed E-state index contributed by atoms with van der Waals surface area (Å²) in [5.74, 6) is 1.58. The highest BCUT2D eigenvalue weighted by molar-refractivity contribution is 9.10. The zero-order valence-corrected chi connectivity index (χ0v) is 10.2. The fraction of sp³-hybridized carbons (Fsp3) is 0.167. The van der Waals surface area contributed by atoms with E-state index in [0.717, 1.165) is 21.5 Å². The van der Waals surface area contributed by atoms with E-state index in [-0.39, 0.29) is 0 Å². The molecule has 16 heavy (non-hydrogen) atoms. The minimum atomic E-state index is 0.399. The Kier molecular flexibility index (Phi) is 3.64. The van der Waals surface area contributed by atoms with Gasteiger partial charge in [0.15, 0.2) is 0 Å². The third-order valence-electron chi connectivity index (χ3n) is 2.22. The van der Waals surface area contributed by atoms with E-state index in [2.05, 4.69) is 15.9 Å². The lowest BCUT2D eigenvalue weighted by atomic mass is 10.2. The maximum Gasteiger partial charge on any atom is 0.146 e. The zero-order chi connectivity index (χ0) is 11.4. The molecule has 0 saturated carbocycles. The van der Waals surface area contributed by atoms with Crippen molar-refractivity contribution in [2.24, 2.45) is 5.73 Å². The van der Waals surface area contributed by atoms with Crippen molar-refractivity contribution in [3.63, 3.8) is 0 Å². The zero-order valence-electron chi connectivity index (χ0n) is 8.65. The Morgan fingerprint density at radius 3 is 2.94 bits per heavy atom. The molecule has 84 valence electrons. The highest BCUT2D eigenvalue weighted by Crippen LogP contribution is 2.20. The Bertz CT molecular complexity index is 468. The lowest BCUT2D eigenvalue weighted by Crippen LogP contribution is -2.01. The van der Waals surface area contributed by atoms with Gasteiger partial charge in [0.25, 0.3) is 0 Å². The van der Waals surface area contributed by atoms with Crippen LogP contribution in [0.15, 0.2) is 45.5 Å². The molecular formula is C12H12BrNO2. The molecule has 0 aliphatic heterocycles. The van der Waals surface area contributed by atoms with Crippen molar-refractivity contribution in [1.29, 1.82) is 0 Å². The van der Waals surface area contributed by atoms with Gasteiger partial charge in [0.2, 0.25) is 0 Å². The number of furan rings is 1. The van der Waals surface area contributed by atoms with Crippen molar-refractivity contribution in [2.45, 2.75) is 13.2 Å². The van der Waals surface area contributed by atoms with E-state index >= 15 is 0 Å². The summed E-state index contributed by atoms with van der Waals surface area (Å²) in [6, 6.07) is 9.54. The molecule has 3 nitrogen and oxygen atoms in total. The van der Waals surface area contributed by atoms with Crippen LogP contribution in [0.25, 0.3) is 0 Å². The fourth-order valence-corrected chi connectivity index (χ4v) is 1.76. The predicted octanol–water partition coefficient (Wildman–Crippen LogP) is 3.08. The Balaban J connectivity index is 2.02. The van der Waals surface area contributed by atoms with Gasteiger partial charge in [0.1, 0.15) is 18.1 Å². The molecule has 0 aliphatic carbocycles. The number of rotatable bonds is 4. The van der Waals surface area contributed by atoms with Crippen LogP contribution in [-0.2, 0) is 13.2 Å². The maximum atomic E-state index is 5.59. The van der Waals surface area contributed by atoms with E-state index < -0.39 is 0 Å². The first-order valence-electron chi connectivity index (χ1n) is 4.93. The average Bonchev–Trinajstić information content (AvgIpc) is 2.74. The van der Waals surface area contributed by atoms with Crippen LogP contribution < -0.4 is 10.5 Å². The van der Waals surface area contributed by atoms with Gasteiger partial charge in [-0.15, -0.1) is 0 Å². The van der Waals surface area contributed by atoms with Gasteiger partial charge in [-0.3, -0.25) is 0 Å². The summed E-state index contributed by atoms with van der Waals surface area (Å²) in [5.41, 5.74) is 6.55. The van der Waals surface area contributed by atoms with Crippen molar-refractivity contribution in [3.8, 4) is 5.75 Å². The van der Waals surface area contributed by atoms with Crippen LogP contribution in [0, 0.1) is 0 Å². The van der Waals surface area contributed by atoms with E-state index in [9.17, 15) is 0 Å². The third kappa shape index (κ3) is 2.65. The van der Waals surface area contributed by atoms with E-state index in [1.807, 2.05) is 30.3 Å². The molecular weight excluding hydrogens is 270 g/mol. The molecule has 0 atom stereocenters. The second-order valence-corrected chi connectivity index (χ2v) is 4.23. The largest absolute Gasteiger partial charge is 0.486 e. The SMILES string of the molecule is NCc1ccoc1COc1cccc(Br)c1. The highest BCUT2D eigenvalue weighted by Gasteiger charge is 2.05. The van der Waals surface area contributed by atoms with Gasteiger partial charge in [-0.2, -0.15) is 0 Å². The van der Waals surface area contributed by atoms with Crippen LogP contribution in [0.1, 0.15) is 11.3 Å². The Hall–Kier alpha value is -1.26. The average molecular weight is 282 g/mol. The summed E-state index contributed by atoms with van der Waals surface area (Å²) in [6.45, 7) is 0.865. The van der Waals surface area contributed by atoms with Gasteiger partial charge >= 0.3 is 0 Å². The lowest BCUT2D eigenvalue weighted by molar-refractivity contribution is 0.268. The fourth-order valence-electron chi connectivity index (χ4n) is 1.38. The van der Waals surface area contributed by atoms with Crippen molar-refractivity contribution in [2.75, 3.05) is 0 Å². The molecule has 1 aromatic heterocycles. The topological polar surface area (TPSA) is 48.4 Å². The minimum Gasteiger partial charge on any atom is -0.486 e. The molecule has 0 unspecified atom stereocenters. The van der Waals surface area contributed by atoms with E-state index in [0.29, 0.717) is 13.2 Å². The van der Waals surface area contributed by atoms with Crippen molar-refractivity contribution in [1.82, 2.24) is 0 Å². The predicted molar refractivity (Wildman–Crippen MR) is 65.1 cm³/mol. The first-order chi connectivity index (χ1) is 7.79. The van der Waals surface area contributed by atoms with Gasteiger partial charge in [-0.05, 0) is 24.3 Å². The van der Waals surface area contributed by atoms with E-state index in [1.54, 1.807) is 6.26 Å². The van der Waals surface area contributed by atoms with Gasteiger partial charge in [-0.1, -0.05) is 22.0 Å². The summed E-state index contributed by atoms with van der Waals surface area (Å²) in [5, 5.41) is 0. The van der Waals surface area contributed by atoms with Crippen molar-refractivity contribution >= 4 is 15.9 Å². The summed E-state index contributed by atoms with van der Waals surface area (Å²) in [7, 11) is 0. The number of benzene rings is 1. The first-order valence-corrected chi connectivity index (χ1v) is 5.72. The summed E-state index contributed by atoms with van der Waals surface area (Å²) in [6.07, 6.45) is 1.63. The van der Waals surface area contributed by atoms with Crippen LogP contribution in [0.2, 0.25) is 0 Å². The summed E-state index contributed by atoms with van der Waals surface area (Å²) < 4.78 is 11.9. The van der Waals surface area contributed by atoms with Gasteiger partial charge < -0.3 is 14.9 Å². The van der Waals surface area contributed by atoms with Crippen LogP contribution >= 0.6 is 15.9 Å². The second-order valence-electron chi connectivity index (χ2n) is 3.32. The van der Waals surface area contributed by atoms with Crippen molar-refractivity contribution < 1.29 is 9.15 Å². The smallest absolute Gasteiger partial charge is 0.146 e. The molecule has 2 N–H and O–H groups in total. The van der Waals surface area contributed by atoms with E-state index in [4.69, 9.17) is 14.9 Å². The number of hydrogen-bond donors (Lipinski definition) is 1. The molecule has 1 heterocycles. The molecule has 0 saturated heterocycles. The summed E-state index contributed by atoms with van der Waals surface area (Å²) in [4.78, 5) is 0. The number of nitrogens with two attached hydrogens (primary N) is 1. The van der Waals surface area contributed by atoms with Gasteiger partial charge in [-0.25, -0.2) is 0 Å². The third-order valence-corrected chi connectivity index (χ3v) is 2.72. The molecule has 2 rings (SSSR count). The normalized spacial score (nSPS) is 10.4. The van der Waals surface area contributed by atoms with Gasteiger partial charge in [0, 0.05) is 16.6 Å². The molecule has 0 aliphatic rings. The maximum absolute atomic E-state index is 5.59. The second kappa shape index (κ2) is 5.18.